The third kappa shape index (κ3) is 2.52. The minimum atomic E-state index is -0.0266. The summed E-state index contributed by atoms with van der Waals surface area (Å²) < 4.78 is 5.48. The Labute approximate surface area is 97.7 Å². The van der Waals surface area contributed by atoms with Crippen LogP contribution in [0.4, 0.5) is 0 Å². The van der Waals surface area contributed by atoms with E-state index in [9.17, 15) is 4.79 Å². The number of aromatic nitrogens is 1. The zero-order valence-corrected chi connectivity index (χ0v) is 9.84. The van der Waals surface area contributed by atoms with Gasteiger partial charge >= 0.3 is 4.87 Å². The van der Waals surface area contributed by atoms with E-state index in [2.05, 4.69) is 11.9 Å². The van der Waals surface area contributed by atoms with Gasteiger partial charge in [-0.1, -0.05) is 18.3 Å². The topological polar surface area (TPSA) is 42.1 Å². The Balaban J connectivity index is 2.16. The molecule has 2 rings (SSSR count). The standard InChI is InChI=1S/C12H13NO2S/c1-2-7-15-10-5-3-9(4-6-10)11-8-16-12(14)13-11/h3-6,8H,2,7H2,1H3,(H,13,14). The van der Waals surface area contributed by atoms with Crippen molar-refractivity contribution in [1.82, 2.24) is 4.98 Å². The quantitative estimate of drug-likeness (QED) is 0.885. The Morgan fingerprint density at radius 2 is 2.06 bits per heavy atom. The zero-order chi connectivity index (χ0) is 11.4. The molecule has 0 saturated carbocycles. The van der Waals surface area contributed by atoms with Crippen molar-refractivity contribution >= 4 is 11.3 Å². The second-order valence-corrected chi connectivity index (χ2v) is 4.28. The van der Waals surface area contributed by atoms with Gasteiger partial charge in [-0.15, -0.1) is 0 Å². The molecular weight excluding hydrogens is 222 g/mol. The summed E-state index contributed by atoms with van der Waals surface area (Å²) in [4.78, 5) is 13.8. The monoisotopic (exact) mass is 235 g/mol. The molecule has 4 heteroatoms. The molecular formula is C12H13NO2S. The summed E-state index contributed by atoms with van der Waals surface area (Å²) in [6.45, 7) is 2.80. The van der Waals surface area contributed by atoms with Gasteiger partial charge in [-0.05, 0) is 36.2 Å². The molecule has 1 aromatic heterocycles. The number of hydrogen-bond acceptors (Lipinski definition) is 3. The Hall–Kier alpha value is -1.55. The van der Waals surface area contributed by atoms with Crippen LogP contribution in [0.3, 0.4) is 0 Å². The van der Waals surface area contributed by atoms with Crippen molar-refractivity contribution in [2.24, 2.45) is 0 Å². The van der Waals surface area contributed by atoms with Gasteiger partial charge in [0.05, 0.1) is 12.3 Å². The third-order valence-corrected chi connectivity index (χ3v) is 2.83. The molecule has 0 bridgehead atoms. The molecule has 84 valence electrons. The van der Waals surface area contributed by atoms with E-state index in [1.165, 1.54) is 11.3 Å². The summed E-state index contributed by atoms with van der Waals surface area (Å²) in [5, 5.41) is 1.82. The predicted molar refractivity (Wildman–Crippen MR) is 66.2 cm³/mol. The van der Waals surface area contributed by atoms with Crippen molar-refractivity contribution < 1.29 is 4.74 Å². The molecule has 1 aromatic carbocycles. The number of rotatable bonds is 4. The molecule has 0 saturated heterocycles. The van der Waals surface area contributed by atoms with Crippen LogP contribution in [0, 0.1) is 0 Å². The maximum absolute atomic E-state index is 11.0. The van der Waals surface area contributed by atoms with Crippen LogP contribution in [0.2, 0.25) is 0 Å². The van der Waals surface area contributed by atoms with Crippen LogP contribution in [0.25, 0.3) is 11.3 Å². The number of hydrogen-bond donors (Lipinski definition) is 1. The molecule has 1 heterocycles. The van der Waals surface area contributed by atoms with E-state index in [0.717, 1.165) is 30.0 Å². The van der Waals surface area contributed by atoms with Gasteiger partial charge in [0.1, 0.15) is 5.75 Å². The Kier molecular flexibility index (Phi) is 3.41. The maximum atomic E-state index is 11.0. The van der Waals surface area contributed by atoms with Gasteiger partial charge in [0.25, 0.3) is 0 Å². The molecule has 0 unspecified atom stereocenters. The van der Waals surface area contributed by atoms with Crippen molar-refractivity contribution in [2.45, 2.75) is 13.3 Å². The third-order valence-electron chi connectivity index (χ3n) is 2.16. The van der Waals surface area contributed by atoms with Gasteiger partial charge in [0.15, 0.2) is 0 Å². The summed E-state index contributed by atoms with van der Waals surface area (Å²) in [5.41, 5.74) is 1.86. The fourth-order valence-corrected chi connectivity index (χ4v) is 1.96. The number of H-pyrrole nitrogens is 1. The van der Waals surface area contributed by atoms with Crippen molar-refractivity contribution in [3.05, 3.63) is 39.3 Å². The van der Waals surface area contributed by atoms with Crippen LogP contribution < -0.4 is 9.61 Å². The molecule has 0 amide bonds. The molecule has 0 aliphatic rings. The molecule has 1 N–H and O–H groups in total. The van der Waals surface area contributed by atoms with E-state index < -0.39 is 0 Å². The molecule has 16 heavy (non-hydrogen) atoms. The van der Waals surface area contributed by atoms with Gasteiger partial charge in [-0.3, -0.25) is 4.79 Å². The molecule has 0 atom stereocenters. The van der Waals surface area contributed by atoms with Gasteiger partial charge in [-0.25, -0.2) is 0 Å². The highest BCUT2D eigenvalue weighted by atomic mass is 32.1. The number of aromatic amines is 1. The molecule has 0 aliphatic carbocycles. The largest absolute Gasteiger partial charge is 0.494 e. The molecule has 3 nitrogen and oxygen atoms in total. The average Bonchev–Trinajstić information content (AvgIpc) is 2.74. The summed E-state index contributed by atoms with van der Waals surface area (Å²) in [5.74, 6) is 0.864. The minimum Gasteiger partial charge on any atom is -0.494 e. The average molecular weight is 235 g/mol. The Bertz CT molecular complexity index is 498. The number of ether oxygens (including phenoxy) is 1. The molecule has 0 spiro atoms. The van der Waals surface area contributed by atoms with Crippen LogP contribution in [0.1, 0.15) is 13.3 Å². The first-order valence-electron chi connectivity index (χ1n) is 5.20. The Morgan fingerprint density at radius 1 is 1.31 bits per heavy atom. The molecule has 2 aromatic rings. The van der Waals surface area contributed by atoms with Crippen LogP contribution >= 0.6 is 11.3 Å². The van der Waals surface area contributed by atoms with Crippen molar-refractivity contribution in [1.29, 1.82) is 0 Å². The summed E-state index contributed by atoms with van der Waals surface area (Å²) in [6.07, 6.45) is 1.000. The van der Waals surface area contributed by atoms with Gasteiger partial charge < -0.3 is 9.72 Å². The molecule has 0 aliphatic heterocycles. The van der Waals surface area contributed by atoms with Crippen molar-refractivity contribution in [3.8, 4) is 17.0 Å². The van der Waals surface area contributed by atoms with Crippen molar-refractivity contribution in [3.63, 3.8) is 0 Å². The van der Waals surface area contributed by atoms with Gasteiger partial charge in [-0.2, -0.15) is 0 Å². The lowest BCUT2D eigenvalue weighted by Gasteiger charge is -2.04. The number of nitrogens with one attached hydrogen (secondary N) is 1. The highest BCUT2D eigenvalue weighted by Gasteiger charge is 2.00. The highest BCUT2D eigenvalue weighted by molar-refractivity contribution is 7.07. The molecule has 0 radical (unpaired) electrons. The second kappa shape index (κ2) is 4.99. The van der Waals surface area contributed by atoms with E-state index >= 15 is 0 Å². The lowest BCUT2D eigenvalue weighted by Crippen LogP contribution is -1.95. The summed E-state index contributed by atoms with van der Waals surface area (Å²) >= 11 is 1.17. The first-order chi connectivity index (χ1) is 7.79. The lowest BCUT2D eigenvalue weighted by atomic mass is 10.2. The second-order valence-electron chi connectivity index (χ2n) is 3.43. The van der Waals surface area contributed by atoms with Crippen LogP contribution in [-0.2, 0) is 0 Å². The van der Waals surface area contributed by atoms with Crippen LogP contribution in [0.15, 0.2) is 34.4 Å². The highest BCUT2D eigenvalue weighted by Crippen LogP contribution is 2.20. The van der Waals surface area contributed by atoms with E-state index in [0.29, 0.717) is 0 Å². The number of thiazole rings is 1. The maximum Gasteiger partial charge on any atom is 0.304 e. The number of benzene rings is 1. The van der Waals surface area contributed by atoms with E-state index in [1.54, 1.807) is 0 Å². The summed E-state index contributed by atoms with van der Waals surface area (Å²) in [6, 6.07) is 7.73. The minimum absolute atomic E-state index is 0.0266. The van der Waals surface area contributed by atoms with E-state index in [1.807, 2.05) is 29.6 Å². The predicted octanol–water partition coefficient (Wildman–Crippen LogP) is 2.89. The van der Waals surface area contributed by atoms with Gasteiger partial charge in [0.2, 0.25) is 0 Å². The SMILES string of the molecule is CCCOc1ccc(-c2csc(=O)[nH]2)cc1. The van der Waals surface area contributed by atoms with Crippen molar-refractivity contribution in [2.75, 3.05) is 6.61 Å². The molecule has 0 fully saturated rings. The fourth-order valence-electron chi connectivity index (χ4n) is 1.37. The summed E-state index contributed by atoms with van der Waals surface area (Å²) in [7, 11) is 0. The zero-order valence-electron chi connectivity index (χ0n) is 9.03. The van der Waals surface area contributed by atoms with E-state index in [4.69, 9.17) is 4.74 Å². The first kappa shape index (κ1) is 11.0. The smallest absolute Gasteiger partial charge is 0.304 e. The van der Waals surface area contributed by atoms with Crippen LogP contribution in [-0.4, -0.2) is 11.6 Å². The van der Waals surface area contributed by atoms with E-state index in [-0.39, 0.29) is 4.87 Å². The lowest BCUT2D eigenvalue weighted by molar-refractivity contribution is 0.317. The van der Waals surface area contributed by atoms with Crippen LogP contribution in [0.5, 0.6) is 5.75 Å². The Morgan fingerprint density at radius 3 is 2.62 bits per heavy atom. The first-order valence-corrected chi connectivity index (χ1v) is 6.08. The van der Waals surface area contributed by atoms with Gasteiger partial charge in [0, 0.05) is 5.38 Å². The normalized spacial score (nSPS) is 10.3. The fraction of sp³-hybridized carbons (Fsp3) is 0.250.